The molecule has 0 aliphatic rings. The van der Waals surface area contributed by atoms with Gasteiger partial charge in [-0.15, -0.1) is 37.2 Å². The largest absolute Gasteiger partial charge is 0.384 e. The molecule has 0 amide bonds. The van der Waals surface area contributed by atoms with Crippen molar-refractivity contribution in [2.45, 2.75) is 0 Å². The third kappa shape index (κ3) is 5.37. The van der Waals surface area contributed by atoms with Crippen molar-refractivity contribution < 1.29 is 4.52 Å². The lowest BCUT2D eigenvalue weighted by atomic mass is 10.1. The van der Waals surface area contributed by atoms with Crippen molar-refractivity contribution in [3.63, 3.8) is 0 Å². The van der Waals surface area contributed by atoms with Crippen LogP contribution in [0.25, 0.3) is 22.6 Å². The van der Waals surface area contributed by atoms with Gasteiger partial charge in [0.25, 0.3) is 0 Å². The molecule has 3 aromatic rings. The number of hydrogen-bond acceptors (Lipinski definition) is 4. The SMILES string of the molecule is Cl.Cl.Cl.N=C(N)c1cccc(-c2cc(-c3ccc(C(=N)N)cc3Cl)no2)c1. The van der Waals surface area contributed by atoms with Crippen LogP contribution in [0.5, 0.6) is 0 Å². The van der Waals surface area contributed by atoms with Crippen LogP contribution in [-0.2, 0) is 0 Å². The molecule has 0 saturated carbocycles. The Hall–Kier alpha value is -2.25. The molecule has 2 aromatic carbocycles. The van der Waals surface area contributed by atoms with Crippen LogP contribution in [0.3, 0.4) is 0 Å². The van der Waals surface area contributed by atoms with Crippen molar-refractivity contribution in [3.8, 4) is 22.6 Å². The highest BCUT2D eigenvalue weighted by Gasteiger charge is 2.13. The minimum Gasteiger partial charge on any atom is -0.384 e. The Morgan fingerprint density at radius 3 is 2.11 bits per heavy atom. The Morgan fingerprint density at radius 1 is 0.889 bits per heavy atom. The first-order valence-electron chi connectivity index (χ1n) is 7.01. The van der Waals surface area contributed by atoms with E-state index in [-0.39, 0.29) is 48.9 Å². The van der Waals surface area contributed by atoms with E-state index in [1.165, 1.54) is 0 Å². The first-order chi connectivity index (χ1) is 11.5. The normalized spacial score (nSPS) is 9.37. The predicted molar refractivity (Wildman–Crippen MR) is 116 cm³/mol. The van der Waals surface area contributed by atoms with Gasteiger partial charge < -0.3 is 16.0 Å². The fourth-order valence-corrected chi connectivity index (χ4v) is 2.55. The van der Waals surface area contributed by atoms with Crippen LogP contribution in [0.4, 0.5) is 0 Å². The second-order valence-corrected chi connectivity index (χ2v) is 5.59. The van der Waals surface area contributed by atoms with Crippen LogP contribution in [-0.4, -0.2) is 16.8 Å². The van der Waals surface area contributed by atoms with Gasteiger partial charge in [-0.3, -0.25) is 10.8 Å². The van der Waals surface area contributed by atoms with Crippen molar-refractivity contribution in [2.24, 2.45) is 11.5 Å². The van der Waals surface area contributed by atoms with Crippen LogP contribution < -0.4 is 11.5 Å². The molecule has 0 bridgehead atoms. The highest BCUT2D eigenvalue weighted by molar-refractivity contribution is 6.33. The van der Waals surface area contributed by atoms with E-state index in [0.717, 1.165) is 5.56 Å². The van der Waals surface area contributed by atoms with Gasteiger partial charge in [0, 0.05) is 28.3 Å². The van der Waals surface area contributed by atoms with Crippen molar-refractivity contribution in [2.75, 3.05) is 0 Å². The van der Waals surface area contributed by atoms with E-state index in [4.69, 9.17) is 38.4 Å². The number of nitrogens with one attached hydrogen (secondary N) is 2. The predicted octanol–water partition coefficient (Wildman–Crippen LogP) is 4.50. The second kappa shape index (κ2) is 10.2. The molecule has 0 fully saturated rings. The number of rotatable bonds is 4. The highest BCUT2D eigenvalue weighted by Crippen LogP contribution is 2.31. The Kier molecular flexibility index (Phi) is 9.33. The molecule has 0 aliphatic carbocycles. The Morgan fingerprint density at radius 2 is 1.52 bits per heavy atom. The third-order valence-corrected chi connectivity index (χ3v) is 3.84. The monoisotopic (exact) mass is 447 g/mol. The zero-order valence-corrected chi connectivity index (χ0v) is 16.9. The zero-order valence-electron chi connectivity index (χ0n) is 13.7. The Labute approximate surface area is 179 Å². The molecule has 0 unspecified atom stereocenters. The van der Waals surface area contributed by atoms with E-state index < -0.39 is 0 Å². The average Bonchev–Trinajstić information content (AvgIpc) is 3.04. The van der Waals surface area contributed by atoms with Crippen LogP contribution in [0.1, 0.15) is 11.1 Å². The molecule has 0 saturated heterocycles. The summed E-state index contributed by atoms with van der Waals surface area (Å²) in [5.41, 5.74) is 14.1. The molecule has 0 radical (unpaired) electrons. The molecular formula is C17H17Cl4N5O. The number of amidine groups is 2. The van der Waals surface area contributed by atoms with E-state index >= 15 is 0 Å². The van der Waals surface area contributed by atoms with Gasteiger partial charge in [-0.1, -0.05) is 47.1 Å². The molecule has 6 N–H and O–H groups in total. The summed E-state index contributed by atoms with van der Waals surface area (Å²) in [6, 6.07) is 14.0. The van der Waals surface area contributed by atoms with E-state index in [9.17, 15) is 0 Å². The summed E-state index contributed by atoms with van der Waals surface area (Å²) in [7, 11) is 0. The smallest absolute Gasteiger partial charge is 0.167 e. The van der Waals surface area contributed by atoms with Crippen LogP contribution in [0, 0.1) is 10.8 Å². The van der Waals surface area contributed by atoms with Gasteiger partial charge >= 0.3 is 0 Å². The highest BCUT2D eigenvalue weighted by atomic mass is 35.5. The minimum atomic E-state index is -0.0506. The first kappa shape index (κ1) is 24.8. The Balaban J connectivity index is 0.00000225. The summed E-state index contributed by atoms with van der Waals surface area (Å²) < 4.78 is 5.39. The van der Waals surface area contributed by atoms with Crippen molar-refractivity contribution in [1.82, 2.24) is 5.16 Å². The molecule has 144 valence electrons. The maximum atomic E-state index is 7.50. The lowest BCUT2D eigenvalue weighted by Gasteiger charge is -2.03. The first-order valence-corrected chi connectivity index (χ1v) is 7.39. The number of halogens is 4. The quantitative estimate of drug-likeness (QED) is 0.346. The van der Waals surface area contributed by atoms with Crippen LogP contribution in [0.2, 0.25) is 5.02 Å². The van der Waals surface area contributed by atoms with E-state index in [1.807, 2.05) is 6.07 Å². The summed E-state index contributed by atoms with van der Waals surface area (Å²) in [5.74, 6) is 0.476. The fraction of sp³-hybridized carbons (Fsp3) is 0. The van der Waals surface area contributed by atoms with E-state index in [2.05, 4.69) is 5.16 Å². The molecular weight excluding hydrogens is 432 g/mol. The minimum absolute atomic E-state index is 0. The molecule has 6 nitrogen and oxygen atoms in total. The molecule has 10 heteroatoms. The maximum absolute atomic E-state index is 7.50. The molecule has 27 heavy (non-hydrogen) atoms. The maximum Gasteiger partial charge on any atom is 0.167 e. The lowest BCUT2D eigenvalue weighted by molar-refractivity contribution is 0.435. The summed E-state index contributed by atoms with van der Waals surface area (Å²) in [6.45, 7) is 0. The molecule has 1 heterocycles. The van der Waals surface area contributed by atoms with Crippen LogP contribution in [0.15, 0.2) is 53.1 Å². The van der Waals surface area contributed by atoms with Gasteiger partial charge in [-0.05, 0) is 12.1 Å². The molecule has 3 rings (SSSR count). The van der Waals surface area contributed by atoms with Crippen molar-refractivity contribution in [3.05, 3.63) is 64.7 Å². The topological polar surface area (TPSA) is 126 Å². The molecule has 0 aliphatic heterocycles. The Bertz CT molecular complexity index is 958. The zero-order chi connectivity index (χ0) is 17.3. The van der Waals surface area contributed by atoms with Crippen molar-refractivity contribution >= 4 is 60.5 Å². The summed E-state index contributed by atoms with van der Waals surface area (Å²) in [4.78, 5) is 0. The number of nitrogen functional groups attached to an aromatic ring is 2. The molecule has 0 atom stereocenters. The summed E-state index contributed by atoms with van der Waals surface area (Å²) >= 11 is 6.25. The number of aromatic nitrogens is 1. The van der Waals surface area contributed by atoms with Crippen molar-refractivity contribution in [1.29, 1.82) is 10.8 Å². The standard InChI is InChI=1S/C17H14ClN5O.3ClH/c18-13-7-11(17(21)22)4-5-12(13)14-8-15(24-23-14)9-2-1-3-10(6-9)16(19)20;;;/h1-8H,(H3,19,20)(H3,21,22);3*1H. The van der Waals surface area contributed by atoms with Gasteiger partial charge in [0.05, 0.1) is 5.02 Å². The van der Waals surface area contributed by atoms with Crippen LogP contribution >= 0.6 is 48.8 Å². The number of hydrogen-bond donors (Lipinski definition) is 4. The molecule has 0 spiro atoms. The number of benzene rings is 2. The summed E-state index contributed by atoms with van der Waals surface area (Å²) in [5, 5.41) is 19.4. The average molecular weight is 449 g/mol. The van der Waals surface area contributed by atoms with Gasteiger partial charge in [0.2, 0.25) is 0 Å². The van der Waals surface area contributed by atoms with Gasteiger partial charge in [-0.2, -0.15) is 0 Å². The van der Waals surface area contributed by atoms with E-state index in [0.29, 0.717) is 33.2 Å². The van der Waals surface area contributed by atoms with Gasteiger partial charge in [0.1, 0.15) is 17.4 Å². The summed E-state index contributed by atoms with van der Waals surface area (Å²) in [6.07, 6.45) is 0. The molecule has 1 aromatic heterocycles. The van der Waals surface area contributed by atoms with E-state index in [1.54, 1.807) is 42.5 Å². The lowest BCUT2D eigenvalue weighted by Crippen LogP contribution is -2.10. The third-order valence-electron chi connectivity index (χ3n) is 3.52. The number of nitrogens with zero attached hydrogens (tertiary/aromatic N) is 1. The fourth-order valence-electron chi connectivity index (χ4n) is 2.27. The second-order valence-electron chi connectivity index (χ2n) is 5.18. The van der Waals surface area contributed by atoms with Gasteiger partial charge in [-0.25, -0.2) is 0 Å². The van der Waals surface area contributed by atoms with Gasteiger partial charge in [0.15, 0.2) is 5.76 Å². The number of nitrogens with two attached hydrogens (primary N) is 2.